The molecule has 3 aliphatic rings. The van der Waals surface area contributed by atoms with Gasteiger partial charge in [0.15, 0.2) is 11.6 Å². The summed E-state index contributed by atoms with van der Waals surface area (Å²) in [6, 6.07) is 10.4. The van der Waals surface area contributed by atoms with Crippen LogP contribution in [0.4, 0.5) is 20.5 Å². The number of ketones is 1. The van der Waals surface area contributed by atoms with Crippen molar-refractivity contribution < 1.29 is 37.5 Å². The molecule has 3 aliphatic heterocycles. The van der Waals surface area contributed by atoms with Gasteiger partial charge in [-0.25, -0.2) is 28.7 Å². The number of nitrogens with one attached hydrogen (secondary N) is 2. The fourth-order valence-electron chi connectivity index (χ4n) is 8.95. The number of pyridine rings is 1. The van der Waals surface area contributed by atoms with E-state index in [1.807, 2.05) is 29.4 Å². The molecule has 2 fully saturated rings. The largest absolute Gasteiger partial charge is 0.340 e. The minimum absolute atomic E-state index is 0.0147. The van der Waals surface area contributed by atoms with Gasteiger partial charge in [-0.3, -0.25) is 43.9 Å². The van der Waals surface area contributed by atoms with E-state index < -0.39 is 41.3 Å². The summed E-state index contributed by atoms with van der Waals surface area (Å²) in [5, 5.41) is 5.21. The summed E-state index contributed by atoms with van der Waals surface area (Å²) in [5.41, 5.74) is 2.71. The van der Waals surface area contributed by atoms with E-state index in [4.69, 9.17) is 0 Å². The molecule has 1 atom stereocenters. The first-order chi connectivity index (χ1) is 31.2. The maximum atomic E-state index is 15.1. The lowest BCUT2D eigenvalue weighted by Crippen LogP contribution is -2.54. The van der Waals surface area contributed by atoms with E-state index >= 15 is 8.78 Å². The number of fused-ring (bicyclic) bond motifs is 2. The van der Waals surface area contributed by atoms with Crippen LogP contribution in [-0.4, -0.2) is 107 Å². The van der Waals surface area contributed by atoms with E-state index in [-0.39, 0.29) is 70.8 Å². The molecule has 338 valence electrons. The van der Waals surface area contributed by atoms with E-state index in [9.17, 15) is 28.8 Å². The number of piperidine rings is 1. The first-order valence-corrected chi connectivity index (χ1v) is 22.0. The molecule has 0 aliphatic carbocycles. The van der Waals surface area contributed by atoms with Crippen molar-refractivity contribution in [2.24, 2.45) is 0 Å². The number of aromatic nitrogens is 5. The number of halogens is 2. The Bertz CT molecular complexity index is 2700. The lowest BCUT2D eigenvalue weighted by atomic mass is 9.96. The number of hydrogen-bond donors (Lipinski definition) is 2. The zero-order valence-corrected chi connectivity index (χ0v) is 36.5. The maximum absolute atomic E-state index is 15.1. The quantitative estimate of drug-likeness (QED) is 0.0870. The predicted octanol–water partition coefficient (Wildman–Crippen LogP) is 6.00. The van der Waals surface area contributed by atoms with Crippen molar-refractivity contribution in [3.05, 3.63) is 94.6 Å². The van der Waals surface area contributed by atoms with Crippen molar-refractivity contribution in [3.8, 4) is 11.3 Å². The van der Waals surface area contributed by atoms with Crippen LogP contribution < -0.4 is 10.6 Å². The molecule has 2 aromatic carbocycles. The Labute approximate surface area is 373 Å². The van der Waals surface area contributed by atoms with Crippen LogP contribution in [0.25, 0.3) is 22.3 Å². The lowest BCUT2D eigenvalue weighted by Gasteiger charge is -2.34. The highest BCUT2D eigenvalue weighted by Crippen LogP contribution is 2.32. The monoisotopic (exact) mass is 888 g/mol. The van der Waals surface area contributed by atoms with Gasteiger partial charge < -0.3 is 14.8 Å². The molecule has 8 rings (SSSR count). The summed E-state index contributed by atoms with van der Waals surface area (Å²) in [7, 11) is 0. The molecule has 0 bridgehead atoms. The number of benzene rings is 2. The maximum Gasteiger partial charge on any atom is 0.262 e. The molecule has 2 N–H and O–H groups in total. The van der Waals surface area contributed by atoms with Crippen molar-refractivity contribution in [1.29, 1.82) is 0 Å². The first-order valence-electron chi connectivity index (χ1n) is 22.0. The average molecular weight is 889 g/mol. The van der Waals surface area contributed by atoms with Crippen molar-refractivity contribution in [3.63, 3.8) is 0 Å². The SMILES string of the molecule is Cc1nc2c(F)cc(-c3nc(Nc4ccc(CN5CCN(C(=O)CCCCCCC(=O)Cc6cccc7c6C(=O)N(C6CCC(=O)NC6=O)C7=O)CC5)cn4)ncc3F)cc2n1C(C)C. The Morgan fingerprint density at radius 2 is 1.65 bits per heavy atom. The number of anilines is 2. The fraction of sp³-hybridized carbons (Fsp3) is 0.404. The molecule has 5 aromatic rings. The van der Waals surface area contributed by atoms with Crippen molar-refractivity contribution >= 4 is 58.1 Å². The zero-order valence-electron chi connectivity index (χ0n) is 36.5. The van der Waals surface area contributed by atoms with Gasteiger partial charge in [0.2, 0.25) is 23.7 Å². The number of aryl methyl sites for hydroxylation is 1. The van der Waals surface area contributed by atoms with Gasteiger partial charge in [-0.05, 0) is 75.4 Å². The Kier molecular flexibility index (Phi) is 13.2. The van der Waals surface area contributed by atoms with E-state index in [0.717, 1.165) is 29.5 Å². The average Bonchev–Trinajstić information content (AvgIpc) is 3.76. The number of piperazine rings is 1. The molecule has 6 heterocycles. The van der Waals surface area contributed by atoms with Crippen LogP contribution in [0.15, 0.2) is 54.9 Å². The second-order valence-corrected chi connectivity index (χ2v) is 17.1. The zero-order chi connectivity index (χ0) is 45.9. The second kappa shape index (κ2) is 19.1. The van der Waals surface area contributed by atoms with Gasteiger partial charge >= 0.3 is 0 Å². The summed E-state index contributed by atoms with van der Waals surface area (Å²) in [5.74, 6) is -2.35. The number of imidazole rings is 1. The minimum Gasteiger partial charge on any atom is -0.340 e. The van der Waals surface area contributed by atoms with Gasteiger partial charge in [-0.1, -0.05) is 31.0 Å². The highest BCUT2D eigenvalue weighted by Gasteiger charge is 2.45. The molecular weight excluding hydrogens is 839 g/mol. The Morgan fingerprint density at radius 3 is 2.37 bits per heavy atom. The Balaban J connectivity index is 0.741. The van der Waals surface area contributed by atoms with Crippen LogP contribution in [0.1, 0.15) is 109 Å². The molecule has 0 spiro atoms. The molecule has 16 nitrogen and oxygen atoms in total. The summed E-state index contributed by atoms with van der Waals surface area (Å²) in [4.78, 5) is 98.8. The number of rotatable bonds is 16. The van der Waals surface area contributed by atoms with E-state index in [0.29, 0.717) is 81.1 Å². The molecule has 0 radical (unpaired) electrons. The smallest absolute Gasteiger partial charge is 0.262 e. The molecule has 2 saturated heterocycles. The molecular formula is C47H50F2N10O6. The van der Waals surface area contributed by atoms with Gasteiger partial charge in [-0.15, -0.1) is 0 Å². The van der Waals surface area contributed by atoms with Crippen LogP contribution in [0, 0.1) is 18.6 Å². The van der Waals surface area contributed by atoms with Crippen LogP contribution in [0.5, 0.6) is 0 Å². The summed E-state index contributed by atoms with van der Waals surface area (Å²) in [6.07, 6.45) is 6.48. The number of hydrogen-bond acceptors (Lipinski definition) is 12. The number of Topliss-reactive ketones (excluding diaryl/α,β-unsaturated/α-hetero) is 1. The molecule has 5 amide bonds. The van der Waals surface area contributed by atoms with Gasteiger partial charge in [0.1, 0.15) is 34.7 Å². The van der Waals surface area contributed by atoms with Gasteiger partial charge in [0.25, 0.3) is 11.8 Å². The number of nitrogens with zero attached hydrogens (tertiary/aromatic N) is 8. The number of carbonyl (C=O) groups is 6. The third-order valence-corrected chi connectivity index (χ3v) is 12.2. The van der Waals surface area contributed by atoms with Crippen LogP contribution >= 0.6 is 0 Å². The van der Waals surface area contributed by atoms with E-state index in [1.54, 1.807) is 37.4 Å². The predicted molar refractivity (Wildman–Crippen MR) is 235 cm³/mol. The Morgan fingerprint density at radius 1 is 0.877 bits per heavy atom. The van der Waals surface area contributed by atoms with E-state index in [2.05, 4.69) is 35.5 Å². The number of unbranched alkanes of at least 4 members (excludes halogenated alkanes) is 3. The van der Waals surface area contributed by atoms with Crippen LogP contribution in [-0.2, 0) is 32.1 Å². The Hall–Kier alpha value is -6.82. The van der Waals surface area contributed by atoms with Gasteiger partial charge in [0, 0.05) is 76.2 Å². The standard InChI is InChI=1S/C47H50F2N10O6/c1-27(2)58-28(3)52-43-34(48)22-31(23-37(43)58)42-35(49)25-51-47(55-42)53-38-15-13-29(24-50-38)26-56-17-19-57(20-18-56)40(62)12-7-5-4-6-10-32(60)21-30-9-8-11-33-41(30)46(65)59(45(33)64)36-14-16-39(61)54-44(36)63/h8-9,11,13,15,22-25,27,36H,4-7,10,12,14,16-21,26H2,1-3H3,(H,54,61,63)(H,50,51,53,55). The summed E-state index contributed by atoms with van der Waals surface area (Å²) in [6.45, 7) is 9.05. The van der Waals surface area contributed by atoms with Gasteiger partial charge in [-0.2, -0.15) is 0 Å². The van der Waals surface area contributed by atoms with Gasteiger partial charge in [0.05, 0.1) is 22.8 Å². The summed E-state index contributed by atoms with van der Waals surface area (Å²) < 4.78 is 32.1. The normalized spacial score (nSPS) is 16.7. The van der Waals surface area contributed by atoms with Crippen molar-refractivity contribution in [2.75, 3.05) is 31.5 Å². The van der Waals surface area contributed by atoms with Crippen molar-refractivity contribution in [2.45, 2.75) is 97.2 Å². The van der Waals surface area contributed by atoms with Crippen molar-refractivity contribution in [1.82, 2.24) is 44.5 Å². The fourth-order valence-corrected chi connectivity index (χ4v) is 8.95. The number of carbonyl (C=O) groups excluding carboxylic acids is 6. The topological polar surface area (TPSA) is 193 Å². The molecule has 65 heavy (non-hydrogen) atoms. The van der Waals surface area contributed by atoms with E-state index in [1.165, 1.54) is 12.1 Å². The molecule has 0 saturated carbocycles. The third kappa shape index (κ3) is 9.67. The van der Waals surface area contributed by atoms with Crippen LogP contribution in [0.3, 0.4) is 0 Å². The minimum atomic E-state index is -1.07. The molecule has 3 aromatic heterocycles. The second-order valence-electron chi connectivity index (χ2n) is 17.1. The number of imide groups is 2. The third-order valence-electron chi connectivity index (χ3n) is 12.2. The summed E-state index contributed by atoms with van der Waals surface area (Å²) >= 11 is 0. The first kappa shape index (κ1) is 44.8. The number of amides is 5. The highest BCUT2D eigenvalue weighted by molar-refractivity contribution is 6.24. The molecule has 1 unspecified atom stereocenters. The highest BCUT2D eigenvalue weighted by atomic mass is 19.1. The van der Waals surface area contributed by atoms with Crippen LogP contribution in [0.2, 0.25) is 0 Å². The molecule has 18 heteroatoms. The lowest BCUT2D eigenvalue weighted by molar-refractivity contribution is -0.136.